The van der Waals surface area contributed by atoms with Crippen LogP contribution >= 0.6 is 0 Å². The molecule has 0 aromatic heterocycles. The summed E-state index contributed by atoms with van der Waals surface area (Å²) in [5, 5.41) is 0. The molecule has 0 saturated carbocycles. The fraction of sp³-hybridized carbons (Fsp3) is 0.200. The van der Waals surface area contributed by atoms with Crippen LogP contribution in [0.2, 0.25) is 0 Å². The fourth-order valence-corrected chi connectivity index (χ4v) is 2.73. The van der Waals surface area contributed by atoms with Crippen molar-refractivity contribution in [3.8, 4) is 11.5 Å². The second-order valence-electron chi connectivity index (χ2n) is 7.41. The highest BCUT2D eigenvalue weighted by Crippen LogP contribution is 2.19. The van der Waals surface area contributed by atoms with Gasteiger partial charge in [0.25, 0.3) is 11.8 Å². The Morgan fingerprint density at radius 2 is 1.42 bits per heavy atom. The maximum Gasteiger partial charge on any atom is 0.273 e. The number of hydrazine groups is 1. The highest BCUT2D eigenvalue weighted by Gasteiger charge is 2.14. The number of benzene rings is 3. The maximum atomic E-state index is 12.6. The molecule has 0 bridgehead atoms. The van der Waals surface area contributed by atoms with E-state index in [1.165, 1.54) is 0 Å². The Morgan fingerprint density at radius 3 is 2.13 bits per heavy atom. The van der Waals surface area contributed by atoms with Crippen molar-refractivity contribution in [3.05, 3.63) is 95.6 Å². The Morgan fingerprint density at radius 1 is 0.774 bits per heavy atom. The van der Waals surface area contributed by atoms with Crippen LogP contribution in [0.3, 0.4) is 0 Å². The summed E-state index contributed by atoms with van der Waals surface area (Å²) in [6.07, 6.45) is 0. The molecule has 6 heteroatoms. The van der Waals surface area contributed by atoms with Crippen molar-refractivity contribution >= 4 is 11.8 Å². The smallest absolute Gasteiger partial charge is 0.273 e. The van der Waals surface area contributed by atoms with Crippen LogP contribution in [-0.2, 0) is 6.61 Å². The second kappa shape index (κ2) is 10.8. The molecule has 0 fully saturated rings. The number of ether oxygens (including phenoxy) is 2. The summed E-state index contributed by atoms with van der Waals surface area (Å²) in [6.45, 7) is 5.07. The van der Waals surface area contributed by atoms with Crippen LogP contribution in [0.25, 0.3) is 0 Å². The van der Waals surface area contributed by atoms with Gasteiger partial charge >= 0.3 is 0 Å². The van der Waals surface area contributed by atoms with Gasteiger partial charge in [-0.2, -0.15) is 0 Å². The molecule has 0 aliphatic carbocycles. The molecule has 0 radical (unpaired) electrons. The predicted molar refractivity (Wildman–Crippen MR) is 119 cm³/mol. The van der Waals surface area contributed by atoms with Crippen molar-refractivity contribution in [2.75, 3.05) is 6.61 Å². The molecular weight excluding hydrogens is 392 g/mol. The van der Waals surface area contributed by atoms with Gasteiger partial charge < -0.3 is 9.47 Å². The van der Waals surface area contributed by atoms with E-state index >= 15 is 0 Å². The molecule has 0 heterocycles. The third-order valence-corrected chi connectivity index (χ3v) is 4.36. The maximum absolute atomic E-state index is 12.6. The average Bonchev–Trinajstić information content (AvgIpc) is 2.81. The standard InChI is InChI=1S/C25H26N2O4/c1-18(2)16-30-21-14-12-20(13-15-21)24(28)26-27-25(29)22-10-6-7-11-23(22)31-17-19-8-4-3-5-9-19/h3-15,18H,16-17H2,1-2H3,(H,26,28)(H,27,29). The summed E-state index contributed by atoms with van der Waals surface area (Å²) in [6, 6.07) is 23.3. The molecular formula is C25H26N2O4. The summed E-state index contributed by atoms with van der Waals surface area (Å²) >= 11 is 0. The summed E-state index contributed by atoms with van der Waals surface area (Å²) in [4.78, 5) is 24.9. The molecule has 3 aromatic rings. The molecule has 31 heavy (non-hydrogen) atoms. The number of rotatable bonds is 8. The lowest BCUT2D eigenvalue weighted by molar-refractivity contribution is 0.0844. The SMILES string of the molecule is CC(C)COc1ccc(C(=O)NNC(=O)c2ccccc2OCc2ccccc2)cc1. The van der Waals surface area contributed by atoms with Crippen molar-refractivity contribution < 1.29 is 19.1 Å². The van der Waals surface area contributed by atoms with Crippen LogP contribution in [0.4, 0.5) is 0 Å². The van der Waals surface area contributed by atoms with Gasteiger partial charge in [0, 0.05) is 5.56 Å². The monoisotopic (exact) mass is 418 g/mol. The molecule has 0 aliphatic rings. The summed E-state index contributed by atoms with van der Waals surface area (Å²) in [7, 11) is 0. The largest absolute Gasteiger partial charge is 0.493 e. The van der Waals surface area contributed by atoms with Crippen LogP contribution in [0, 0.1) is 5.92 Å². The van der Waals surface area contributed by atoms with Crippen LogP contribution in [-0.4, -0.2) is 18.4 Å². The number of amides is 2. The zero-order valence-electron chi connectivity index (χ0n) is 17.6. The lowest BCUT2D eigenvalue weighted by atomic mass is 10.2. The van der Waals surface area contributed by atoms with Crippen molar-refractivity contribution in [2.45, 2.75) is 20.5 Å². The molecule has 2 N–H and O–H groups in total. The Balaban J connectivity index is 1.56. The van der Waals surface area contributed by atoms with Gasteiger partial charge in [-0.15, -0.1) is 0 Å². The zero-order valence-corrected chi connectivity index (χ0v) is 17.6. The number of hydrogen-bond donors (Lipinski definition) is 2. The number of carbonyl (C=O) groups excluding carboxylic acids is 2. The van der Waals surface area contributed by atoms with E-state index in [0.29, 0.717) is 41.8 Å². The third kappa shape index (κ3) is 6.60. The van der Waals surface area contributed by atoms with E-state index in [2.05, 4.69) is 24.7 Å². The molecule has 3 aromatic carbocycles. The molecule has 0 atom stereocenters. The zero-order chi connectivity index (χ0) is 22.1. The van der Waals surface area contributed by atoms with Crippen LogP contribution in [0.15, 0.2) is 78.9 Å². The fourth-order valence-electron chi connectivity index (χ4n) is 2.73. The van der Waals surface area contributed by atoms with E-state index in [1.807, 2.05) is 30.3 Å². The van der Waals surface area contributed by atoms with E-state index in [0.717, 1.165) is 5.56 Å². The van der Waals surface area contributed by atoms with E-state index < -0.39 is 11.8 Å². The normalized spacial score (nSPS) is 10.4. The molecule has 0 aliphatic heterocycles. The molecule has 3 rings (SSSR count). The van der Waals surface area contributed by atoms with Gasteiger partial charge in [-0.05, 0) is 47.9 Å². The Kier molecular flexibility index (Phi) is 7.65. The van der Waals surface area contributed by atoms with Gasteiger partial charge in [-0.25, -0.2) is 0 Å². The van der Waals surface area contributed by atoms with Crippen molar-refractivity contribution in [1.29, 1.82) is 0 Å². The molecule has 6 nitrogen and oxygen atoms in total. The topological polar surface area (TPSA) is 76.7 Å². The van der Waals surface area contributed by atoms with Crippen molar-refractivity contribution in [2.24, 2.45) is 5.92 Å². The van der Waals surface area contributed by atoms with Gasteiger partial charge in [-0.3, -0.25) is 20.4 Å². The van der Waals surface area contributed by atoms with E-state index in [9.17, 15) is 9.59 Å². The Labute approximate surface area is 182 Å². The first-order chi connectivity index (χ1) is 15.0. The molecule has 2 amide bonds. The van der Waals surface area contributed by atoms with Gasteiger partial charge in [0.15, 0.2) is 0 Å². The minimum absolute atomic E-state index is 0.330. The van der Waals surface area contributed by atoms with Crippen LogP contribution in [0.5, 0.6) is 11.5 Å². The predicted octanol–water partition coefficient (Wildman–Crippen LogP) is 4.38. The number of para-hydroxylation sites is 1. The Bertz CT molecular complexity index is 1000. The summed E-state index contributed by atoms with van der Waals surface area (Å²) < 4.78 is 11.4. The first-order valence-corrected chi connectivity index (χ1v) is 10.1. The summed E-state index contributed by atoms with van der Waals surface area (Å²) in [5.41, 5.74) is 6.60. The first kappa shape index (κ1) is 21.9. The highest BCUT2D eigenvalue weighted by molar-refractivity contribution is 6.00. The van der Waals surface area contributed by atoms with Crippen LogP contribution in [0.1, 0.15) is 40.1 Å². The molecule has 0 unspecified atom stereocenters. The lowest BCUT2D eigenvalue weighted by Crippen LogP contribution is -2.41. The van der Waals surface area contributed by atoms with Gasteiger partial charge in [-0.1, -0.05) is 56.3 Å². The molecule has 160 valence electrons. The average molecular weight is 418 g/mol. The lowest BCUT2D eigenvalue weighted by Gasteiger charge is -2.13. The van der Waals surface area contributed by atoms with Gasteiger partial charge in [0.1, 0.15) is 18.1 Å². The van der Waals surface area contributed by atoms with E-state index in [4.69, 9.17) is 9.47 Å². The third-order valence-electron chi connectivity index (χ3n) is 4.36. The number of carbonyl (C=O) groups is 2. The van der Waals surface area contributed by atoms with Crippen molar-refractivity contribution in [1.82, 2.24) is 10.9 Å². The van der Waals surface area contributed by atoms with E-state index in [1.54, 1.807) is 48.5 Å². The number of hydrogen-bond acceptors (Lipinski definition) is 4. The minimum atomic E-state index is -0.464. The van der Waals surface area contributed by atoms with Crippen LogP contribution < -0.4 is 20.3 Å². The number of nitrogens with one attached hydrogen (secondary N) is 2. The van der Waals surface area contributed by atoms with Crippen molar-refractivity contribution in [3.63, 3.8) is 0 Å². The first-order valence-electron chi connectivity index (χ1n) is 10.1. The molecule has 0 saturated heterocycles. The second-order valence-corrected chi connectivity index (χ2v) is 7.41. The molecule has 0 spiro atoms. The summed E-state index contributed by atoms with van der Waals surface area (Å²) in [5.74, 6) is 0.654. The van der Waals surface area contributed by atoms with Gasteiger partial charge in [0.05, 0.1) is 12.2 Å². The quantitative estimate of drug-likeness (QED) is 0.533. The highest BCUT2D eigenvalue weighted by atomic mass is 16.5. The minimum Gasteiger partial charge on any atom is -0.493 e. The Hall–Kier alpha value is -3.80. The van der Waals surface area contributed by atoms with Gasteiger partial charge in [0.2, 0.25) is 0 Å². The van der Waals surface area contributed by atoms with E-state index in [-0.39, 0.29) is 0 Å².